The van der Waals surface area contributed by atoms with E-state index in [0.29, 0.717) is 36.7 Å². The molecule has 156 valence electrons. The second-order valence-electron chi connectivity index (χ2n) is 9.92. The Morgan fingerprint density at radius 1 is 1.07 bits per heavy atom. The summed E-state index contributed by atoms with van der Waals surface area (Å²) in [6.07, 6.45) is 7.05. The molecular formula is C22H30N4O3. The maximum absolute atomic E-state index is 13.0. The SMILES string of the molecule is Cn1nc(C2CC2)cc1C(=O)N[C@@H]1COCC[C@@H]1NC(=O)C1[C@@H]2[C@H]3CC[C@H](C3)[C@H]12. The van der Waals surface area contributed by atoms with E-state index in [1.165, 1.54) is 19.3 Å². The summed E-state index contributed by atoms with van der Waals surface area (Å²) < 4.78 is 7.29. The minimum atomic E-state index is -0.199. The third-order valence-corrected chi connectivity index (χ3v) is 8.17. The molecule has 6 rings (SSSR count). The Labute approximate surface area is 170 Å². The fourth-order valence-electron chi connectivity index (χ4n) is 6.53. The molecule has 7 atom stereocenters. The highest BCUT2D eigenvalue weighted by atomic mass is 16.5. The molecule has 5 aliphatic rings. The van der Waals surface area contributed by atoms with Crippen LogP contribution in [0.2, 0.25) is 0 Å². The van der Waals surface area contributed by atoms with Gasteiger partial charge in [0.05, 0.1) is 24.4 Å². The van der Waals surface area contributed by atoms with Gasteiger partial charge in [-0.15, -0.1) is 0 Å². The lowest BCUT2D eigenvalue weighted by molar-refractivity contribution is -0.125. The first-order chi connectivity index (χ1) is 14.1. The predicted molar refractivity (Wildman–Crippen MR) is 105 cm³/mol. The molecule has 0 radical (unpaired) electrons. The van der Waals surface area contributed by atoms with Gasteiger partial charge in [-0.25, -0.2) is 0 Å². The zero-order chi connectivity index (χ0) is 19.7. The van der Waals surface area contributed by atoms with E-state index in [1.807, 2.05) is 13.1 Å². The first kappa shape index (κ1) is 17.9. The van der Waals surface area contributed by atoms with E-state index in [0.717, 1.165) is 36.8 Å². The average Bonchev–Trinajstić information content (AvgIpc) is 3.59. The molecule has 0 aromatic carbocycles. The maximum Gasteiger partial charge on any atom is 0.269 e. The number of fused-ring (bicyclic) bond motifs is 5. The summed E-state index contributed by atoms with van der Waals surface area (Å²) in [6, 6.07) is 1.65. The number of hydrogen-bond donors (Lipinski definition) is 2. The molecule has 7 heteroatoms. The number of rotatable bonds is 5. The molecule has 4 saturated carbocycles. The molecule has 7 nitrogen and oxygen atoms in total. The van der Waals surface area contributed by atoms with Gasteiger partial charge < -0.3 is 15.4 Å². The Morgan fingerprint density at radius 2 is 1.83 bits per heavy atom. The van der Waals surface area contributed by atoms with Crippen LogP contribution in [0.25, 0.3) is 0 Å². The molecule has 2 heterocycles. The van der Waals surface area contributed by atoms with Gasteiger partial charge in [0.25, 0.3) is 5.91 Å². The van der Waals surface area contributed by atoms with Gasteiger partial charge in [0.1, 0.15) is 5.69 Å². The minimum Gasteiger partial charge on any atom is -0.379 e. The van der Waals surface area contributed by atoms with E-state index >= 15 is 0 Å². The van der Waals surface area contributed by atoms with Gasteiger partial charge in [0.15, 0.2) is 0 Å². The van der Waals surface area contributed by atoms with Gasteiger partial charge in [-0.05, 0) is 68.3 Å². The van der Waals surface area contributed by atoms with Gasteiger partial charge in [-0.3, -0.25) is 14.3 Å². The van der Waals surface area contributed by atoms with E-state index in [1.54, 1.807) is 4.68 Å². The topological polar surface area (TPSA) is 85.2 Å². The normalized spacial score (nSPS) is 39.8. The molecule has 1 aromatic rings. The van der Waals surface area contributed by atoms with Gasteiger partial charge in [0, 0.05) is 25.5 Å². The lowest BCUT2D eigenvalue weighted by Gasteiger charge is -2.33. The maximum atomic E-state index is 13.0. The molecule has 2 N–H and O–H groups in total. The van der Waals surface area contributed by atoms with Crippen LogP contribution in [0.5, 0.6) is 0 Å². The molecule has 4 aliphatic carbocycles. The van der Waals surface area contributed by atoms with Crippen LogP contribution in [0.15, 0.2) is 6.07 Å². The molecule has 2 bridgehead atoms. The highest BCUT2D eigenvalue weighted by molar-refractivity contribution is 5.93. The van der Waals surface area contributed by atoms with Crippen molar-refractivity contribution in [3.05, 3.63) is 17.5 Å². The number of aryl methyl sites for hydroxylation is 1. The average molecular weight is 399 g/mol. The number of amides is 2. The second kappa shape index (κ2) is 6.56. The molecule has 1 unspecified atom stereocenters. The van der Waals surface area contributed by atoms with Crippen LogP contribution >= 0.6 is 0 Å². The Balaban J connectivity index is 1.10. The molecule has 1 saturated heterocycles. The van der Waals surface area contributed by atoms with Crippen molar-refractivity contribution in [1.29, 1.82) is 0 Å². The first-order valence-electron chi connectivity index (χ1n) is 11.3. The van der Waals surface area contributed by atoms with Gasteiger partial charge in [-0.2, -0.15) is 5.10 Å². The predicted octanol–water partition coefficient (Wildman–Crippen LogP) is 1.59. The molecule has 5 fully saturated rings. The molecule has 0 spiro atoms. The summed E-state index contributed by atoms with van der Waals surface area (Å²) in [5, 5.41) is 10.9. The largest absolute Gasteiger partial charge is 0.379 e. The molecule has 2 amide bonds. The van der Waals surface area contributed by atoms with E-state index in [-0.39, 0.29) is 29.8 Å². The summed E-state index contributed by atoms with van der Waals surface area (Å²) >= 11 is 0. The summed E-state index contributed by atoms with van der Waals surface area (Å²) in [4.78, 5) is 25.8. The lowest BCUT2D eigenvalue weighted by Crippen LogP contribution is -2.57. The van der Waals surface area contributed by atoms with Crippen molar-refractivity contribution < 1.29 is 14.3 Å². The highest BCUT2D eigenvalue weighted by Crippen LogP contribution is 2.69. The van der Waals surface area contributed by atoms with Crippen LogP contribution in [-0.4, -0.2) is 46.9 Å². The van der Waals surface area contributed by atoms with Crippen LogP contribution in [-0.2, 0) is 16.6 Å². The summed E-state index contributed by atoms with van der Waals surface area (Å²) in [6.45, 7) is 1.06. The summed E-state index contributed by atoms with van der Waals surface area (Å²) in [7, 11) is 1.82. The third-order valence-electron chi connectivity index (χ3n) is 8.17. The van der Waals surface area contributed by atoms with Gasteiger partial charge >= 0.3 is 0 Å². The molecule has 1 aliphatic heterocycles. The summed E-state index contributed by atoms with van der Waals surface area (Å²) in [5.41, 5.74) is 1.59. The van der Waals surface area contributed by atoms with Crippen molar-refractivity contribution in [2.45, 2.75) is 56.5 Å². The number of carbonyl (C=O) groups excluding carboxylic acids is 2. The number of ether oxygens (including phenoxy) is 1. The Hall–Kier alpha value is -1.89. The molecular weight excluding hydrogens is 368 g/mol. The zero-order valence-corrected chi connectivity index (χ0v) is 17.0. The monoisotopic (exact) mass is 398 g/mol. The fourth-order valence-corrected chi connectivity index (χ4v) is 6.53. The van der Waals surface area contributed by atoms with Gasteiger partial charge in [0.2, 0.25) is 5.91 Å². The van der Waals surface area contributed by atoms with Crippen LogP contribution < -0.4 is 10.6 Å². The summed E-state index contributed by atoms with van der Waals surface area (Å²) in [5.74, 6) is 3.66. The molecule has 1 aromatic heterocycles. The first-order valence-corrected chi connectivity index (χ1v) is 11.3. The Morgan fingerprint density at radius 3 is 2.55 bits per heavy atom. The number of carbonyl (C=O) groups is 2. The van der Waals surface area contributed by atoms with Crippen molar-refractivity contribution in [3.63, 3.8) is 0 Å². The quantitative estimate of drug-likeness (QED) is 0.789. The van der Waals surface area contributed by atoms with Crippen LogP contribution in [0.4, 0.5) is 0 Å². The zero-order valence-electron chi connectivity index (χ0n) is 17.0. The fraction of sp³-hybridized carbons (Fsp3) is 0.773. The number of aromatic nitrogens is 2. The number of nitrogens with one attached hydrogen (secondary N) is 2. The van der Waals surface area contributed by atoms with E-state index in [2.05, 4.69) is 15.7 Å². The number of hydrogen-bond acceptors (Lipinski definition) is 4. The van der Waals surface area contributed by atoms with Crippen molar-refractivity contribution >= 4 is 11.8 Å². The third kappa shape index (κ3) is 3.00. The standard InChI is InChI=1S/C22H30N4O3/c1-26-17(9-15(25-26)11-2-3-11)21(27)24-16-10-29-7-6-14(16)23-22(28)20-18-12-4-5-13(8-12)19(18)20/h9,11-14,16,18-20H,2-8,10H2,1H3,(H,23,28)(H,24,27)/t12-,13+,14-,16+,18+,19-,20?/m0/s1. The lowest BCUT2D eigenvalue weighted by atomic mass is 9.99. The van der Waals surface area contributed by atoms with Crippen molar-refractivity contribution in [3.8, 4) is 0 Å². The second-order valence-corrected chi connectivity index (χ2v) is 9.92. The van der Waals surface area contributed by atoms with Crippen LogP contribution in [0.3, 0.4) is 0 Å². The highest BCUT2D eigenvalue weighted by Gasteiger charge is 2.67. The van der Waals surface area contributed by atoms with Crippen LogP contribution in [0.1, 0.15) is 60.6 Å². The van der Waals surface area contributed by atoms with E-state index in [9.17, 15) is 9.59 Å². The van der Waals surface area contributed by atoms with E-state index in [4.69, 9.17) is 4.74 Å². The smallest absolute Gasteiger partial charge is 0.269 e. The molecule has 29 heavy (non-hydrogen) atoms. The Kier molecular flexibility index (Phi) is 4.05. The van der Waals surface area contributed by atoms with E-state index < -0.39 is 0 Å². The number of nitrogens with zero attached hydrogens (tertiary/aromatic N) is 2. The van der Waals surface area contributed by atoms with Crippen molar-refractivity contribution in [2.24, 2.45) is 36.6 Å². The minimum absolute atomic E-state index is 0.0599. The van der Waals surface area contributed by atoms with Crippen molar-refractivity contribution in [1.82, 2.24) is 20.4 Å². The van der Waals surface area contributed by atoms with Gasteiger partial charge in [-0.1, -0.05) is 0 Å². The Bertz CT molecular complexity index is 831. The van der Waals surface area contributed by atoms with Crippen LogP contribution in [0, 0.1) is 29.6 Å². The van der Waals surface area contributed by atoms with Crippen molar-refractivity contribution in [2.75, 3.05) is 13.2 Å².